The number of carbonyl (C=O) groups is 1. The largest absolute Gasteiger partial charge is 0.377 e. The van der Waals surface area contributed by atoms with E-state index in [1.807, 2.05) is 0 Å². The fourth-order valence-electron chi connectivity index (χ4n) is 2.38. The van der Waals surface area contributed by atoms with E-state index in [4.69, 9.17) is 5.14 Å². The third-order valence-corrected chi connectivity index (χ3v) is 4.71. The van der Waals surface area contributed by atoms with Gasteiger partial charge in [0.2, 0.25) is 10.0 Å². The first-order valence-electron chi connectivity index (χ1n) is 6.89. The van der Waals surface area contributed by atoms with Gasteiger partial charge in [0, 0.05) is 25.7 Å². The zero-order chi connectivity index (χ0) is 15.8. The van der Waals surface area contributed by atoms with Gasteiger partial charge in [-0.1, -0.05) is 13.3 Å². The van der Waals surface area contributed by atoms with Crippen LogP contribution in [0, 0.1) is 5.92 Å². The van der Waals surface area contributed by atoms with E-state index in [-0.39, 0.29) is 16.8 Å². The van der Waals surface area contributed by atoms with Crippen LogP contribution in [-0.4, -0.2) is 34.5 Å². The van der Waals surface area contributed by atoms with Gasteiger partial charge in [0.1, 0.15) is 4.90 Å². The second-order valence-corrected chi connectivity index (χ2v) is 7.14. The van der Waals surface area contributed by atoms with Gasteiger partial charge >= 0.3 is 0 Å². The fourth-order valence-corrected chi connectivity index (χ4v) is 3.21. The first-order valence-corrected chi connectivity index (χ1v) is 8.43. The van der Waals surface area contributed by atoms with Gasteiger partial charge in [-0.15, -0.1) is 0 Å². The lowest BCUT2D eigenvalue weighted by atomic mass is 10.2. The van der Waals surface area contributed by atoms with E-state index in [1.165, 1.54) is 6.07 Å². The molecule has 1 amide bonds. The third-order valence-electron chi connectivity index (χ3n) is 3.77. The summed E-state index contributed by atoms with van der Waals surface area (Å²) in [5.74, 6) is 0.277. The van der Waals surface area contributed by atoms with E-state index in [0.717, 1.165) is 12.8 Å². The molecule has 0 bridgehead atoms. The molecule has 116 valence electrons. The Bertz CT molecular complexity index is 655. The molecule has 1 fully saturated rings. The topological polar surface area (TPSA) is 92.5 Å². The molecule has 1 aromatic carbocycles. The van der Waals surface area contributed by atoms with E-state index in [0.29, 0.717) is 17.2 Å². The van der Waals surface area contributed by atoms with Crippen molar-refractivity contribution in [2.45, 2.75) is 30.7 Å². The zero-order valence-corrected chi connectivity index (χ0v) is 13.3. The molecule has 1 aliphatic rings. The summed E-state index contributed by atoms with van der Waals surface area (Å²) in [4.78, 5) is 13.8. The van der Waals surface area contributed by atoms with Crippen LogP contribution in [0.4, 0.5) is 5.69 Å². The third kappa shape index (κ3) is 3.54. The van der Waals surface area contributed by atoms with E-state index in [2.05, 4.69) is 12.2 Å². The Morgan fingerprint density at radius 3 is 2.57 bits per heavy atom. The summed E-state index contributed by atoms with van der Waals surface area (Å²) < 4.78 is 23.4. The molecule has 0 saturated heterocycles. The maximum atomic E-state index is 12.2. The Morgan fingerprint density at radius 1 is 1.43 bits per heavy atom. The van der Waals surface area contributed by atoms with Gasteiger partial charge in [-0.3, -0.25) is 4.79 Å². The number of nitrogens with one attached hydrogen (secondary N) is 1. The van der Waals surface area contributed by atoms with Crippen LogP contribution in [0.2, 0.25) is 0 Å². The number of benzene rings is 1. The number of hydrogen-bond acceptors (Lipinski definition) is 4. The molecule has 1 saturated carbocycles. The standard InChI is InChI=1S/C14H21N3O3S/c1-4-9-7-11(9)16-14(18)10-5-6-12(17(2)3)13(8-10)21(15,19)20/h5-6,8-9,11H,4,7H2,1-3H3,(H,16,18)(H2,15,19,20). The van der Waals surface area contributed by atoms with E-state index in [9.17, 15) is 13.2 Å². The van der Waals surface area contributed by atoms with Gasteiger partial charge in [-0.05, 0) is 30.5 Å². The highest BCUT2D eigenvalue weighted by Gasteiger charge is 2.36. The fraction of sp³-hybridized carbons (Fsp3) is 0.500. The van der Waals surface area contributed by atoms with Crippen molar-refractivity contribution in [3.05, 3.63) is 23.8 Å². The molecule has 0 aliphatic heterocycles. The van der Waals surface area contributed by atoms with Crippen LogP contribution >= 0.6 is 0 Å². The lowest BCUT2D eigenvalue weighted by Crippen LogP contribution is -2.27. The van der Waals surface area contributed by atoms with Crippen molar-refractivity contribution < 1.29 is 13.2 Å². The molecule has 1 aromatic rings. The SMILES string of the molecule is CCC1CC1NC(=O)c1ccc(N(C)C)c(S(N)(=O)=O)c1. The Hall–Kier alpha value is -1.60. The Balaban J connectivity index is 2.27. The molecule has 3 N–H and O–H groups in total. The average Bonchev–Trinajstić information content (AvgIpc) is 3.15. The molecule has 0 radical (unpaired) electrons. The predicted octanol–water partition coefficient (Wildman–Crippen LogP) is 0.928. The second kappa shape index (κ2) is 5.65. The van der Waals surface area contributed by atoms with Crippen molar-refractivity contribution in [1.82, 2.24) is 5.32 Å². The Labute approximate surface area is 125 Å². The van der Waals surface area contributed by atoms with Gasteiger partial charge < -0.3 is 10.2 Å². The summed E-state index contributed by atoms with van der Waals surface area (Å²) in [5, 5.41) is 8.15. The summed E-state index contributed by atoms with van der Waals surface area (Å²) in [6.07, 6.45) is 2.02. The molecule has 1 aliphatic carbocycles. The van der Waals surface area contributed by atoms with Crippen LogP contribution in [0.15, 0.2) is 23.1 Å². The van der Waals surface area contributed by atoms with Crippen molar-refractivity contribution in [2.24, 2.45) is 11.1 Å². The van der Waals surface area contributed by atoms with Gasteiger partial charge in [0.25, 0.3) is 5.91 Å². The number of sulfonamides is 1. The molecule has 2 rings (SSSR count). The summed E-state index contributed by atoms with van der Waals surface area (Å²) in [6, 6.07) is 4.75. The van der Waals surface area contributed by atoms with E-state index in [1.54, 1.807) is 31.1 Å². The van der Waals surface area contributed by atoms with E-state index >= 15 is 0 Å². The highest BCUT2D eigenvalue weighted by atomic mass is 32.2. The Kier molecular flexibility index (Phi) is 4.25. The lowest BCUT2D eigenvalue weighted by molar-refractivity contribution is 0.0949. The molecule has 0 aromatic heterocycles. The quantitative estimate of drug-likeness (QED) is 0.846. The van der Waals surface area contributed by atoms with Crippen LogP contribution in [0.3, 0.4) is 0 Å². The molecule has 7 heteroatoms. The van der Waals surface area contributed by atoms with Crippen LogP contribution in [-0.2, 0) is 10.0 Å². The number of primary sulfonamides is 1. The van der Waals surface area contributed by atoms with Crippen molar-refractivity contribution >= 4 is 21.6 Å². The van der Waals surface area contributed by atoms with Gasteiger partial charge in [-0.25, -0.2) is 13.6 Å². The van der Waals surface area contributed by atoms with Crippen LogP contribution in [0.25, 0.3) is 0 Å². The number of amides is 1. The maximum Gasteiger partial charge on any atom is 0.251 e. The summed E-state index contributed by atoms with van der Waals surface area (Å²) >= 11 is 0. The van der Waals surface area contributed by atoms with Crippen molar-refractivity contribution in [1.29, 1.82) is 0 Å². The lowest BCUT2D eigenvalue weighted by Gasteiger charge is -2.17. The van der Waals surface area contributed by atoms with Crippen LogP contribution < -0.4 is 15.4 Å². The van der Waals surface area contributed by atoms with Crippen molar-refractivity contribution in [3.63, 3.8) is 0 Å². The zero-order valence-electron chi connectivity index (χ0n) is 12.5. The minimum atomic E-state index is -3.88. The summed E-state index contributed by atoms with van der Waals surface area (Å²) in [5.41, 5.74) is 0.776. The highest BCUT2D eigenvalue weighted by molar-refractivity contribution is 7.89. The van der Waals surface area contributed by atoms with E-state index < -0.39 is 10.0 Å². The predicted molar refractivity (Wildman–Crippen MR) is 81.8 cm³/mol. The number of nitrogens with two attached hydrogens (primary N) is 1. The number of rotatable bonds is 5. The molecule has 0 heterocycles. The van der Waals surface area contributed by atoms with Gasteiger partial charge in [0.05, 0.1) is 5.69 Å². The first kappa shape index (κ1) is 15.8. The smallest absolute Gasteiger partial charge is 0.251 e. The number of nitrogens with zero attached hydrogens (tertiary/aromatic N) is 1. The van der Waals surface area contributed by atoms with Crippen molar-refractivity contribution in [3.8, 4) is 0 Å². The average molecular weight is 311 g/mol. The van der Waals surface area contributed by atoms with Crippen LogP contribution in [0.1, 0.15) is 30.1 Å². The monoisotopic (exact) mass is 311 g/mol. The van der Waals surface area contributed by atoms with Crippen LogP contribution in [0.5, 0.6) is 0 Å². The minimum Gasteiger partial charge on any atom is -0.377 e. The molecule has 2 atom stereocenters. The van der Waals surface area contributed by atoms with Gasteiger partial charge in [-0.2, -0.15) is 0 Å². The van der Waals surface area contributed by atoms with Gasteiger partial charge in [0.15, 0.2) is 0 Å². The summed E-state index contributed by atoms with van der Waals surface area (Å²) in [6.45, 7) is 2.09. The highest BCUT2D eigenvalue weighted by Crippen LogP contribution is 2.33. The molecular formula is C14H21N3O3S. The first-order chi connectivity index (χ1) is 9.74. The molecular weight excluding hydrogens is 290 g/mol. The number of anilines is 1. The molecule has 21 heavy (non-hydrogen) atoms. The number of carbonyl (C=O) groups excluding carboxylic acids is 1. The summed E-state index contributed by atoms with van der Waals surface area (Å²) in [7, 11) is -0.440. The minimum absolute atomic E-state index is 0.0389. The normalized spacial score (nSPS) is 21.0. The second-order valence-electron chi connectivity index (χ2n) is 5.61. The molecule has 2 unspecified atom stereocenters. The molecule has 0 spiro atoms. The van der Waals surface area contributed by atoms with Crippen molar-refractivity contribution in [2.75, 3.05) is 19.0 Å². The maximum absolute atomic E-state index is 12.2. The Morgan fingerprint density at radius 2 is 2.10 bits per heavy atom. The number of hydrogen-bond donors (Lipinski definition) is 2. The molecule has 6 nitrogen and oxygen atoms in total.